The highest BCUT2D eigenvalue weighted by molar-refractivity contribution is 7.37. The smallest absolute Gasteiger partial charge is 0.311 e. The minimum absolute atomic E-state index is 0. The number of benzene rings is 6. The quantitative estimate of drug-likeness (QED) is 0.102. The molecule has 22 heteroatoms. The molecule has 0 aliphatic heterocycles. The van der Waals surface area contributed by atoms with Crippen molar-refractivity contribution in [1.82, 2.24) is 0 Å². The second-order valence-electron chi connectivity index (χ2n) is 10.6. The Labute approximate surface area is 338 Å². The molecule has 18 nitrogen and oxygen atoms in total. The number of hydrogen-bond donors (Lipinski definition) is 0. The lowest BCUT2D eigenvalue weighted by Gasteiger charge is -2.02. The van der Waals surface area contributed by atoms with Gasteiger partial charge in [0, 0.05) is 36.4 Å². The Hall–Kier alpha value is -7.72. The van der Waals surface area contributed by atoms with Crippen molar-refractivity contribution in [1.29, 1.82) is 0 Å². The number of rotatable bonds is 8. The van der Waals surface area contributed by atoms with Gasteiger partial charge in [0.2, 0.25) is 5.82 Å². The van der Waals surface area contributed by atoms with E-state index < -0.39 is 52.5 Å². The normalized spacial score (nSPS) is 9.41. The van der Waals surface area contributed by atoms with Crippen LogP contribution in [0.15, 0.2) is 146 Å². The molecule has 6 rings (SSSR count). The molecule has 0 fully saturated rings. The second-order valence-corrected chi connectivity index (χ2v) is 10.6. The van der Waals surface area contributed by atoms with Crippen LogP contribution in [0, 0.1) is 72.3 Å². The van der Waals surface area contributed by atoms with Gasteiger partial charge in [0.25, 0.3) is 28.4 Å². The van der Waals surface area contributed by atoms with Crippen molar-refractivity contribution in [2.45, 2.75) is 0 Å². The predicted octanol–water partition coefficient (Wildman–Crippen LogP) is 9.80. The number of nitro benzene ring substituents is 6. The first-order valence-electron chi connectivity index (χ1n) is 15.4. The summed E-state index contributed by atoms with van der Waals surface area (Å²) in [6.45, 7) is 0. The molecule has 0 unspecified atom stereocenters. The number of non-ortho nitro benzene ring substituents is 4. The van der Waals surface area contributed by atoms with Gasteiger partial charge in [-0.2, -0.15) is 4.39 Å². The van der Waals surface area contributed by atoms with Gasteiger partial charge in [-0.15, -0.1) is 0 Å². The largest absolute Gasteiger partial charge is 2.00 e. The summed E-state index contributed by atoms with van der Waals surface area (Å²) in [7, 11) is 0. The van der Waals surface area contributed by atoms with Crippen LogP contribution in [0.4, 0.5) is 42.9 Å². The van der Waals surface area contributed by atoms with Gasteiger partial charge in [0.1, 0.15) is 5.82 Å². The zero-order chi connectivity index (χ0) is 41.4. The maximum atomic E-state index is 12.6. The highest BCUT2D eigenvalue weighted by Gasteiger charge is 2.20. The first-order chi connectivity index (χ1) is 26.6. The molecule has 6 aromatic rings. The van der Waals surface area contributed by atoms with Gasteiger partial charge in [-0.25, -0.2) is 4.39 Å². The second kappa shape index (κ2) is 23.3. The number of nitro groups is 6. The van der Waals surface area contributed by atoms with Crippen LogP contribution in [0.3, 0.4) is 0 Å². The van der Waals surface area contributed by atoms with E-state index in [0.717, 1.165) is 47.5 Å². The minimum Gasteiger partial charge on any atom is -2.00 e. The molecule has 0 saturated carbocycles. The first-order valence-corrected chi connectivity index (χ1v) is 15.4. The molecule has 0 aromatic heterocycles. The standard InChI is InChI=1S/C12H8N2O4.C12H9NO2.C6H3FN2O4.C6H4FNO2.2S/c15-13(16)10-6-7-11(12(8-10)14(17)18)9-4-2-1-3-5-9;14-13(15)12-8-6-11(7-9-12)10-4-2-1-3-5-10;7-5-2-1-4(8(10)11)3-6(5)9(12)13;7-5-1-3-6(4-2-5)8(9)10;;/h1-8H;1-9H;1-3H;1-4H;;/q;;;;2*-2. The summed E-state index contributed by atoms with van der Waals surface area (Å²) in [4.78, 5) is 58.2. The number of nitrogens with zero attached hydrogens (tertiary/aromatic N) is 6. The molecule has 0 aliphatic rings. The number of hydrogen-bond acceptors (Lipinski definition) is 12. The van der Waals surface area contributed by atoms with E-state index in [1.54, 1.807) is 42.5 Å². The van der Waals surface area contributed by atoms with E-state index in [1.807, 2.05) is 30.3 Å². The summed E-state index contributed by atoms with van der Waals surface area (Å²) >= 11 is 0. The molecular formula is C36H24F2N6O12S2-4. The van der Waals surface area contributed by atoms with Crippen LogP contribution >= 0.6 is 0 Å². The fourth-order valence-corrected chi connectivity index (χ4v) is 4.37. The molecule has 0 bridgehead atoms. The van der Waals surface area contributed by atoms with Crippen LogP contribution < -0.4 is 0 Å². The zero-order valence-corrected chi connectivity index (χ0v) is 30.6. The highest BCUT2D eigenvalue weighted by Crippen LogP contribution is 2.33. The molecule has 0 N–H and O–H groups in total. The SMILES string of the molecule is O=[N+]([O-])c1ccc(-c2ccccc2)c([N+](=O)[O-])c1.O=[N+]([O-])c1ccc(-c2ccccc2)cc1.O=[N+]([O-])c1ccc(F)c([N+](=O)[O-])c1.O=[N+]([O-])c1ccc(F)cc1.[S-2].[S-2]. The molecule has 58 heavy (non-hydrogen) atoms. The maximum absolute atomic E-state index is 12.6. The highest BCUT2D eigenvalue weighted by atomic mass is 32.1. The van der Waals surface area contributed by atoms with Gasteiger partial charge < -0.3 is 27.0 Å². The molecule has 0 heterocycles. The molecule has 0 spiro atoms. The summed E-state index contributed by atoms with van der Waals surface area (Å²) < 4.78 is 24.7. The Morgan fingerprint density at radius 3 is 1.10 bits per heavy atom. The van der Waals surface area contributed by atoms with E-state index in [0.29, 0.717) is 23.3 Å². The van der Waals surface area contributed by atoms with Gasteiger partial charge >= 0.3 is 5.69 Å². The van der Waals surface area contributed by atoms with Gasteiger partial charge in [0.15, 0.2) is 0 Å². The van der Waals surface area contributed by atoms with Crippen LogP contribution in [0.2, 0.25) is 0 Å². The van der Waals surface area contributed by atoms with E-state index >= 15 is 0 Å². The number of halogens is 2. The topological polar surface area (TPSA) is 259 Å². The van der Waals surface area contributed by atoms with Crippen molar-refractivity contribution >= 4 is 61.1 Å². The fourth-order valence-electron chi connectivity index (χ4n) is 4.37. The molecule has 0 radical (unpaired) electrons. The van der Waals surface area contributed by atoms with E-state index in [-0.39, 0.29) is 49.7 Å². The Kier molecular flexibility index (Phi) is 19.4. The van der Waals surface area contributed by atoms with Crippen molar-refractivity contribution in [3.05, 3.63) is 218 Å². The van der Waals surface area contributed by atoms with Crippen molar-refractivity contribution in [3.8, 4) is 22.3 Å². The monoisotopic (exact) mass is 834 g/mol. The molecule has 0 amide bonds. The van der Waals surface area contributed by atoms with Gasteiger partial charge in [-0.1, -0.05) is 60.7 Å². The summed E-state index contributed by atoms with van der Waals surface area (Å²) in [6.07, 6.45) is 0. The molecule has 0 saturated heterocycles. The van der Waals surface area contributed by atoms with E-state index in [2.05, 4.69) is 0 Å². The average Bonchev–Trinajstić information content (AvgIpc) is 3.19. The molecule has 6 aromatic carbocycles. The maximum Gasteiger partial charge on any atom is 0.311 e. The summed E-state index contributed by atoms with van der Waals surface area (Å²) in [5.41, 5.74) is 1.13. The van der Waals surface area contributed by atoms with Gasteiger partial charge in [0.05, 0.1) is 47.2 Å². The third kappa shape index (κ3) is 14.5. The van der Waals surface area contributed by atoms with E-state index in [9.17, 15) is 69.5 Å². The van der Waals surface area contributed by atoms with Crippen LogP contribution in [-0.4, -0.2) is 29.5 Å². The predicted molar refractivity (Wildman–Crippen MR) is 211 cm³/mol. The first kappa shape index (κ1) is 48.3. The zero-order valence-electron chi connectivity index (χ0n) is 29.0. The Bertz CT molecular complexity index is 2360. The van der Waals surface area contributed by atoms with Crippen LogP contribution in [0.1, 0.15) is 0 Å². The minimum atomic E-state index is -1.09. The molecule has 300 valence electrons. The van der Waals surface area contributed by atoms with E-state index in [4.69, 9.17) is 0 Å². The van der Waals surface area contributed by atoms with Crippen LogP contribution in [0.25, 0.3) is 22.3 Å². The molecule has 0 atom stereocenters. The third-order valence-corrected chi connectivity index (χ3v) is 7.03. The van der Waals surface area contributed by atoms with Crippen molar-refractivity contribution in [2.24, 2.45) is 0 Å². The van der Waals surface area contributed by atoms with Gasteiger partial charge in [-0.05, 0) is 53.1 Å². The average molecular weight is 835 g/mol. The Balaban J connectivity index is 0.000000390. The van der Waals surface area contributed by atoms with Crippen LogP contribution in [-0.2, 0) is 27.0 Å². The summed E-state index contributed by atoms with van der Waals surface area (Å²) in [5, 5.41) is 62.3. The van der Waals surface area contributed by atoms with Crippen molar-refractivity contribution < 1.29 is 38.3 Å². The summed E-state index contributed by atoms with van der Waals surface area (Å²) in [6, 6.07) is 35.2. The fraction of sp³-hybridized carbons (Fsp3) is 0. The Morgan fingerprint density at radius 1 is 0.345 bits per heavy atom. The lowest BCUT2D eigenvalue weighted by molar-refractivity contribution is -0.395. The Morgan fingerprint density at radius 2 is 0.690 bits per heavy atom. The van der Waals surface area contributed by atoms with E-state index in [1.165, 1.54) is 24.3 Å². The third-order valence-electron chi connectivity index (χ3n) is 7.03. The van der Waals surface area contributed by atoms with Crippen molar-refractivity contribution in [3.63, 3.8) is 0 Å². The van der Waals surface area contributed by atoms with Crippen LogP contribution in [0.5, 0.6) is 0 Å². The molecular weight excluding hydrogens is 811 g/mol. The summed E-state index contributed by atoms with van der Waals surface area (Å²) in [5.74, 6) is -1.55. The van der Waals surface area contributed by atoms with Crippen molar-refractivity contribution in [2.75, 3.05) is 0 Å². The lowest BCUT2D eigenvalue weighted by atomic mass is 10.0. The van der Waals surface area contributed by atoms with Gasteiger partial charge in [-0.3, -0.25) is 60.7 Å². The lowest BCUT2D eigenvalue weighted by Crippen LogP contribution is -1.95. The molecule has 0 aliphatic carbocycles.